The predicted molar refractivity (Wildman–Crippen MR) is 31.5 cm³/mol. The van der Waals surface area contributed by atoms with E-state index in [4.69, 9.17) is 10.8 Å². The summed E-state index contributed by atoms with van der Waals surface area (Å²) >= 11 is 0. The average Bonchev–Trinajstić information content (AvgIpc) is 1.88. The molecule has 0 saturated carbocycles. The molecule has 4 heteroatoms. The molecule has 1 heterocycles. The lowest BCUT2D eigenvalue weighted by Crippen LogP contribution is -2.58. The van der Waals surface area contributed by atoms with E-state index in [0.717, 1.165) is 6.26 Å². The second-order valence-corrected chi connectivity index (χ2v) is 1.90. The first kappa shape index (κ1) is 6.10. The van der Waals surface area contributed by atoms with Crippen LogP contribution in [0.2, 0.25) is 0 Å². The van der Waals surface area contributed by atoms with Crippen LogP contribution in [0.5, 0.6) is 0 Å². The van der Waals surface area contributed by atoms with E-state index in [1.165, 1.54) is 11.1 Å². The first-order chi connectivity index (χ1) is 4.25. The third kappa shape index (κ3) is 0.882. The number of likely N-dealkylation sites (tertiary alicyclic amines) is 1. The number of carbonyl (C=O) groups excluding carboxylic acids is 1. The normalized spacial score (nSPS) is 27.0. The monoisotopic (exact) mass is 128 g/mol. The van der Waals surface area contributed by atoms with Gasteiger partial charge in [0.25, 0.3) is 0 Å². The Morgan fingerprint density at radius 1 is 1.89 bits per heavy atom. The SMILES string of the molecule is NC1CN(C=CO)C1=O. The van der Waals surface area contributed by atoms with Crippen LogP contribution in [0.15, 0.2) is 12.5 Å². The van der Waals surface area contributed by atoms with Gasteiger partial charge in [-0.25, -0.2) is 0 Å². The molecule has 1 fully saturated rings. The lowest BCUT2D eigenvalue weighted by molar-refractivity contribution is -0.138. The summed E-state index contributed by atoms with van der Waals surface area (Å²) in [5, 5.41) is 8.19. The van der Waals surface area contributed by atoms with Gasteiger partial charge >= 0.3 is 0 Å². The zero-order valence-corrected chi connectivity index (χ0v) is 4.82. The predicted octanol–water partition coefficient (Wildman–Crippen LogP) is -0.815. The van der Waals surface area contributed by atoms with Crippen molar-refractivity contribution in [3.63, 3.8) is 0 Å². The fourth-order valence-corrected chi connectivity index (χ4v) is 0.695. The highest BCUT2D eigenvalue weighted by Crippen LogP contribution is 2.06. The van der Waals surface area contributed by atoms with Crippen LogP contribution >= 0.6 is 0 Å². The van der Waals surface area contributed by atoms with E-state index in [2.05, 4.69) is 0 Å². The number of nitrogens with zero attached hydrogens (tertiary/aromatic N) is 1. The topological polar surface area (TPSA) is 66.6 Å². The highest BCUT2D eigenvalue weighted by atomic mass is 16.2. The molecule has 1 amide bonds. The van der Waals surface area contributed by atoms with Crippen molar-refractivity contribution in [1.82, 2.24) is 4.90 Å². The van der Waals surface area contributed by atoms with Crippen LogP contribution in [-0.4, -0.2) is 28.5 Å². The van der Waals surface area contributed by atoms with Gasteiger partial charge in [-0.05, 0) is 0 Å². The largest absolute Gasteiger partial charge is 0.514 e. The molecule has 0 bridgehead atoms. The molecule has 0 radical (unpaired) electrons. The Kier molecular flexibility index (Phi) is 1.40. The minimum Gasteiger partial charge on any atom is -0.514 e. The van der Waals surface area contributed by atoms with Crippen molar-refractivity contribution in [2.45, 2.75) is 6.04 Å². The number of amides is 1. The molecule has 50 valence electrons. The van der Waals surface area contributed by atoms with Crippen LogP contribution in [0, 0.1) is 0 Å². The van der Waals surface area contributed by atoms with Crippen molar-refractivity contribution in [2.24, 2.45) is 5.73 Å². The van der Waals surface area contributed by atoms with Crippen LogP contribution in [0.1, 0.15) is 0 Å². The number of rotatable bonds is 1. The third-order valence-corrected chi connectivity index (χ3v) is 1.24. The summed E-state index contributed by atoms with van der Waals surface area (Å²) in [6, 6.07) is -0.360. The zero-order valence-electron chi connectivity index (χ0n) is 4.82. The molecule has 9 heavy (non-hydrogen) atoms. The number of carbonyl (C=O) groups is 1. The second kappa shape index (κ2) is 2.06. The van der Waals surface area contributed by atoms with Crippen molar-refractivity contribution in [3.8, 4) is 0 Å². The lowest BCUT2D eigenvalue weighted by Gasteiger charge is -2.32. The molecular formula is C5H8N2O2. The Morgan fingerprint density at radius 3 is 2.89 bits per heavy atom. The number of nitrogens with two attached hydrogens (primary N) is 1. The molecule has 1 saturated heterocycles. The second-order valence-electron chi connectivity index (χ2n) is 1.90. The van der Waals surface area contributed by atoms with E-state index >= 15 is 0 Å². The highest BCUT2D eigenvalue weighted by Gasteiger charge is 2.31. The van der Waals surface area contributed by atoms with Gasteiger partial charge in [-0.15, -0.1) is 0 Å². The maximum atomic E-state index is 10.6. The summed E-state index contributed by atoms with van der Waals surface area (Å²) < 4.78 is 0. The number of aliphatic hydroxyl groups excluding tert-OH is 1. The third-order valence-electron chi connectivity index (χ3n) is 1.24. The van der Waals surface area contributed by atoms with Crippen molar-refractivity contribution >= 4 is 5.91 Å². The molecule has 0 aromatic rings. The first-order valence-corrected chi connectivity index (χ1v) is 2.62. The van der Waals surface area contributed by atoms with Gasteiger partial charge in [-0.1, -0.05) is 0 Å². The molecule has 3 N–H and O–H groups in total. The van der Waals surface area contributed by atoms with Crippen LogP contribution < -0.4 is 5.73 Å². The molecule has 4 nitrogen and oxygen atoms in total. The summed E-state index contributed by atoms with van der Waals surface area (Å²) in [5.74, 6) is -0.139. The van der Waals surface area contributed by atoms with Gasteiger partial charge in [0.1, 0.15) is 6.04 Å². The quantitative estimate of drug-likeness (QED) is 0.358. The molecular weight excluding hydrogens is 120 g/mol. The van der Waals surface area contributed by atoms with Gasteiger partial charge in [0, 0.05) is 12.7 Å². The molecule has 1 rings (SSSR count). The molecule has 0 aromatic carbocycles. The fraction of sp³-hybridized carbons (Fsp3) is 0.400. The number of β-lactam (4-membered cyclic amide) rings is 1. The van der Waals surface area contributed by atoms with Crippen molar-refractivity contribution in [3.05, 3.63) is 12.5 Å². The minimum absolute atomic E-state index is 0.139. The zero-order chi connectivity index (χ0) is 6.85. The van der Waals surface area contributed by atoms with E-state index in [9.17, 15) is 4.79 Å². The molecule has 1 aliphatic rings. The standard InChI is InChI=1S/C5H8N2O2/c6-4-3-7(1-2-8)5(4)9/h1-2,4,8H,3,6H2. The molecule has 0 spiro atoms. The molecule has 1 aliphatic heterocycles. The van der Waals surface area contributed by atoms with E-state index in [1.54, 1.807) is 0 Å². The van der Waals surface area contributed by atoms with Crippen LogP contribution in [0.3, 0.4) is 0 Å². The number of hydrogen-bond donors (Lipinski definition) is 2. The smallest absolute Gasteiger partial charge is 0.245 e. The summed E-state index contributed by atoms with van der Waals surface area (Å²) in [4.78, 5) is 11.9. The summed E-state index contributed by atoms with van der Waals surface area (Å²) in [6.45, 7) is 0.510. The van der Waals surface area contributed by atoms with Crippen molar-refractivity contribution < 1.29 is 9.90 Å². The summed E-state index contributed by atoms with van der Waals surface area (Å²) in [6.07, 6.45) is 2.12. The molecule has 1 atom stereocenters. The van der Waals surface area contributed by atoms with Gasteiger partial charge in [0.05, 0.1) is 6.26 Å². The maximum absolute atomic E-state index is 10.6. The Hall–Kier alpha value is -1.03. The molecule has 0 aromatic heterocycles. The highest BCUT2D eigenvalue weighted by molar-refractivity contribution is 5.88. The summed E-state index contributed by atoms with van der Waals surface area (Å²) in [7, 11) is 0. The Labute approximate surface area is 52.6 Å². The van der Waals surface area contributed by atoms with E-state index in [-0.39, 0.29) is 11.9 Å². The lowest BCUT2D eigenvalue weighted by atomic mass is 10.1. The van der Waals surface area contributed by atoms with Crippen LogP contribution in [0.4, 0.5) is 0 Å². The van der Waals surface area contributed by atoms with Crippen LogP contribution in [-0.2, 0) is 4.79 Å². The van der Waals surface area contributed by atoms with Gasteiger partial charge in [-0.2, -0.15) is 0 Å². The first-order valence-electron chi connectivity index (χ1n) is 2.62. The van der Waals surface area contributed by atoms with Gasteiger partial charge in [0.2, 0.25) is 5.91 Å². The summed E-state index contributed by atoms with van der Waals surface area (Å²) in [5.41, 5.74) is 5.24. The van der Waals surface area contributed by atoms with E-state index in [1.807, 2.05) is 0 Å². The molecule has 0 aliphatic carbocycles. The van der Waals surface area contributed by atoms with Gasteiger partial charge in [0.15, 0.2) is 0 Å². The van der Waals surface area contributed by atoms with Gasteiger partial charge in [-0.3, -0.25) is 4.79 Å². The number of hydrogen-bond acceptors (Lipinski definition) is 3. The van der Waals surface area contributed by atoms with E-state index in [0.29, 0.717) is 6.54 Å². The van der Waals surface area contributed by atoms with Gasteiger partial charge < -0.3 is 15.7 Å². The Bertz CT molecular complexity index is 155. The van der Waals surface area contributed by atoms with Crippen molar-refractivity contribution in [1.29, 1.82) is 0 Å². The fourth-order valence-electron chi connectivity index (χ4n) is 0.695. The number of aliphatic hydroxyl groups is 1. The molecule has 1 unspecified atom stereocenters. The average molecular weight is 128 g/mol. The Morgan fingerprint density at radius 2 is 2.56 bits per heavy atom. The Balaban J connectivity index is 2.42. The van der Waals surface area contributed by atoms with Crippen molar-refractivity contribution in [2.75, 3.05) is 6.54 Å². The maximum Gasteiger partial charge on any atom is 0.245 e. The minimum atomic E-state index is -0.360. The van der Waals surface area contributed by atoms with Crippen LogP contribution in [0.25, 0.3) is 0 Å². The van der Waals surface area contributed by atoms with E-state index < -0.39 is 0 Å².